The van der Waals surface area contributed by atoms with Gasteiger partial charge in [0.1, 0.15) is 12.1 Å². The highest BCUT2D eigenvalue weighted by molar-refractivity contribution is 5.49. The molecule has 5 nitrogen and oxygen atoms in total. The first-order valence-electron chi connectivity index (χ1n) is 11.9. The zero-order valence-corrected chi connectivity index (χ0v) is 17.5. The summed E-state index contributed by atoms with van der Waals surface area (Å²) in [6, 6.07) is 0.873. The molecular weight excluding hydrogens is 346 g/mol. The summed E-state index contributed by atoms with van der Waals surface area (Å²) in [6.45, 7) is 8.34. The van der Waals surface area contributed by atoms with E-state index in [1.165, 1.54) is 101 Å². The SMILES string of the molecule is c1nc2c(c(N3CCN(C4CCC4)CC3)n1)CCN(CC1CCCCC1)CC2. The number of hydrogen-bond donors (Lipinski definition) is 0. The van der Waals surface area contributed by atoms with Gasteiger partial charge in [-0.2, -0.15) is 0 Å². The van der Waals surface area contributed by atoms with Gasteiger partial charge >= 0.3 is 0 Å². The molecule has 1 aromatic rings. The van der Waals surface area contributed by atoms with Crippen molar-refractivity contribution in [3.8, 4) is 0 Å². The van der Waals surface area contributed by atoms with Crippen molar-refractivity contribution >= 4 is 5.82 Å². The van der Waals surface area contributed by atoms with Gasteiger partial charge in [0.15, 0.2) is 0 Å². The van der Waals surface area contributed by atoms with Crippen molar-refractivity contribution in [2.45, 2.75) is 70.3 Å². The zero-order valence-electron chi connectivity index (χ0n) is 17.5. The van der Waals surface area contributed by atoms with Crippen LogP contribution in [0.4, 0.5) is 5.82 Å². The molecule has 5 heteroatoms. The van der Waals surface area contributed by atoms with Gasteiger partial charge in [0.25, 0.3) is 0 Å². The van der Waals surface area contributed by atoms with E-state index in [9.17, 15) is 0 Å². The fraction of sp³-hybridized carbons (Fsp3) is 0.826. The van der Waals surface area contributed by atoms with Crippen molar-refractivity contribution < 1.29 is 0 Å². The molecule has 0 bridgehead atoms. The first-order chi connectivity index (χ1) is 13.9. The summed E-state index contributed by atoms with van der Waals surface area (Å²) >= 11 is 0. The number of rotatable bonds is 4. The zero-order chi connectivity index (χ0) is 18.8. The first kappa shape index (κ1) is 18.8. The molecule has 0 amide bonds. The summed E-state index contributed by atoms with van der Waals surface area (Å²) in [5, 5.41) is 0. The molecular formula is C23H37N5. The lowest BCUT2D eigenvalue weighted by Gasteiger charge is -2.43. The minimum atomic E-state index is 0.873. The van der Waals surface area contributed by atoms with Crippen LogP contribution in [-0.4, -0.2) is 71.6 Å². The van der Waals surface area contributed by atoms with Crippen LogP contribution in [0.3, 0.4) is 0 Å². The van der Waals surface area contributed by atoms with Gasteiger partial charge in [0.05, 0.1) is 5.69 Å². The Morgan fingerprint density at radius 2 is 1.57 bits per heavy atom. The van der Waals surface area contributed by atoms with E-state index < -0.39 is 0 Å². The Kier molecular flexibility index (Phi) is 5.82. The van der Waals surface area contributed by atoms with Crippen LogP contribution in [0.15, 0.2) is 6.33 Å². The molecule has 2 aliphatic heterocycles. The van der Waals surface area contributed by atoms with Crippen molar-refractivity contribution in [2.24, 2.45) is 5.92 Å². The number of fused-ring (bicyclic) bond motifs is 1. The molecule has 28 heavy (non-hydrogen) atoms. The van der Waals surface area contributed by atoms with E-state index in [0.717, 1.165) is 37.9 Å². The summed E-state index contributed by atoms with van der Waals surface area (Å²) in [4.78, 5) is 17.5. The van der Waals surface area contributed by atoms with E-state index in [-0.39, 0.29) is 0 Å². The highest BCUT2D eigenvalue weighted by Gasteiger charge is 2.30. The predicted octanol–water partition coefficient (Wildman–Crippen LogP) is 3.13. The third kappa shape index (κ3) is 4.06. The topological polar surface area (TPSA) is 35.5 Å². The Hall–Kier alpha value is -1.20. The minimum absolute atomic E-state index is 0.873. The van der Waals surface area contributed by atoms with Crippen LogP contribution in [0.5, 0.6) is 0 Å². The van der Waals surface area contributed by atoms with Gasteiger partial charge in [-0.05, 0) is 38.0 Å². The standard InChI is InChI=1S/C23H37N5/c1-2-5-19(6-3-1)17-26-11-9-21-22(10-12-26)24-18-25-23(21)28-15-13-27(14-16-28)20-7-4-8-20/h18-20H,1-17H2. The van der Waals surface area contributed by atoms with Crippen molar-refractivity contribution in [1.82, 2.24) is 19.8 Å². The van der Waals surface area contributed by atoms with Crippen LogP contribution in [0.1, 0.15) is 62.6 Å². The Morgan fingerprint density at radius 1 is 0.786 bits per heavy atom. The molecule has 0 N–H and O–H groups in total. The van der Waals surface area contributed by atoms with Crippen LogP contribution in [0.25, 0.3) is 0 Å². The lowest BCUT2D eigenvalue weighted by atomic mass is 9.89. The molecule has 0 aromatic carbocycles. The van der Waals surface area contributed by atoms with E-state index in [2.05, 4.69) is 14.7 Å². The number of piperazine rings is 1. The van der Waals surface area contributed by atoms with E-state index in [4.69, 9.17) is 9.97 Å². The number of nitrogens with zero attached hydrogens (tertiary/aromatic N) is 5. The Bertz CT molecular complexity index is 644. The molecule has 0 spiro atoms. The van der Waals surface area contributed by atoms with Gasteiger partial charge in [-0.15, -0.1) is 0 Å². The van der Waals surface area contributed by atoms with Gasteiger partial charge in [-0.25, -0.2) is 9.97 Å². The number of hydrogen-bond acceptors (Lipinski definition) is 5. The average molecular weight is 384 g/mol. The van der Waals surface area contributed by atoms with E-state index in [0.29, 0.717) is 0 Å². The minimum Gasteiger partial charge on any atom is -0.354 e. The smallest absolute Gasteiger partial charge is 0.135 e. The van der Waals surface area contributed by atoms with Crippen LogP contribution >= 0.6 is 0 Å². The maximum atomic E-state index is 4.78. The highest BCUT2D eigenvalue weighted by Crippen LogP contribution is 2.29. The quantitative estimate of drug-likeness (QED) is 0.798. The molecule has 3 fully saturated rings. The van der Waals surface area contributed by atoms with E-state index in [1.807, 2.05) is 6.33 Å². The second kappa shape index (κ2) is 8.66. The van der Waals surface area contributed by atoms with Gasteiger partial charge in [-0.1, -0.05) is 25.7 Å². The molecule has 0 atom stereocenters. The monoisotopic (exact) mass is 383 g/mol. The molecule has 2 aliphatic carbocycles. The third-order valence-electron chi connectivity index (χ3n) is 7.80. The maximum Gasteiger partial charge on any atom is 0.135 e. The largest absolute Gasteiger partial charge is 0.354 e. The fourth-order valence-electron chi connectivity index (χ4n) is 5.80. The lowest BCUT2D eigenvalue weighted by molar-refractivity contribution is 0.120. The number of aromatic nitrogens is 2. The Labute approximate surface area is 170 Å². The second-order valence-corrected chi connectivity index (χ2v) is 9.53. The summed E-state index contributed by atoms with van der Waals surface area (Å²) in [5.41, 5.74) is 2.77. The summed E-state index contributed by atoms with van der Waals surface area (Å²) in [5.74, 6) is 2.18. The molecule has 4 aliphatic rings. The van der Waals surface area contributed by atoms with Gasteiger partial charge in [-0.3, -0.25) is 4.90 Å². The number of anilines is 1. The molecule has 5 rings (SSSR count). The maximum absolute atomic E-state index is 4.78. The molecule has 3 heterocycles. The first-order valence-corrected chi connectivity index (χ1v) is 11.9. The lowest BCUT2D eigenvalue weighted by Crippen LogP contribution is -2.52. The summed E-state index contributed by atoms with van der Waals surface area (Å²) in [7, 11) is 0. The average Bonchev–Trinajstić information content (AvgIpc) is 2.91. The summed E-state index contributed by atoms with van der Waals surface area (Å²) in [6.07, 6.45) is 15.5. The van der Waals surface area contributed by atoms with Crippen molar-refractivity contribution in [3.05, 3.63) is 17.6 Å². The van der Waals surface area contributed by atoms with Gasteiger partial charge in [0.2, 0.25) is 0 Å². The molecule has 0 unspecified atom stereocenters. The third-order valence-corrected chi connectivity index (χ3v) is 7.80. The Morgan fingerprint density at radius 3 is 2.32 bits per heavy atom. The fourth-order valence-corrected chi connectivity index (χ4v) is 5.80. The molecule has 2 saturated carbocycles. The molecule has 154 valence electrons. The second-order valence-electron chi connectivity index (χ2n) is 9.53. The van der Waals surface area contributed by atoms with Crippen LogP contribution in [-0.2, 0) is 12.8 Å². The summed E-state index contributed by atoms with van der Waals surface area (Å²) < 4.78 is 0. The molecule has 1 aromatic heterocycles. The van der Waals surface area contributed by atoms with Crippen LogP contribution in [0, 0.1) is 5.92 Å². The van der Waals surface area contributed by atoms with E-state index >= 15 is 0 Å². The Balaban J connectivity index is 1.22. The van der Waals surface area contributed by atoms with Gasteiger partial charge in [0, 0.05) is 63.8 Å². The van der Waals surface area contributed by atoms with Crippen molar-refractivity contribution in [2.75, 3.05) is 50.7 Å². The normalized spacial score (nSPS) is 25.9. The van der Waals surface area contributed by atoms with Crippen LogP contribution < -0.4 is 4.90 Å². The molecule has 0 radical (unpaired) electrons. The van der Waals surface area contributed by atoms with Crippen molar-refractivity contribution in [1.29, 1.82) is 0 Å². The van der Waals surface area contributed by atoms with E-state index in [1.54, 1.807) is 0 Å². The van der Waals surface area contributed by atoms with Crippen molar-refractivity contribution in [3.63, 3.8) is 0 Å². The van der Waals surface area contributed by atoms with Crippen LogP contribution in [0.2, 0.25) is 0 Å². The predicted molar refractivity (Wildman–Crippen MR) is 114 cm³/mol. The highest BCUT2D eigenvalue weighted by atomic mass is 15.3. The van der Waals surface area contributed by atoms with Gasteiger partial charge < -0.3 is 9.80 Å². The molecule has 1 saturated heterocycles.